The maximum Gasteiger partial charge on any atom is 0.264 e. The van der Waals surface area contributed by atoms with Crippen LogP contribution in [0.5, 0.6) is 0 Å². The number of nitrogens with two attached hydrogens (primary N) is 1. The molecule has 3 N–H and O–H groups in total. The molecule has 4 rings (SSSR count). The average Bonchev–Trinajstić information content (AvgIpc) is 2.95. The van der Waals surface area contributed by atoms with Gasteiger partial charge in [0.25, 0.3) is 5.91 Å². The van der Waals surface area contributed by atoms with Crippen molar-refractivity contribution in [3.05, 3.63) is 95.6 Å². The first-order valence-electron chi connectivity index (χ1n) is 9.55. The summed E-state index contributed by atoms with van der Waals surface area (Å²) >= 11 is 0. The molecule has 5 nitrogen and oxygen atoms in total. The minimum absolute atomic E-state index is 0.305. The Hall–Kier alpha value is -3.44. The number of benzene rings is 3. The number of amides is 1. The summed E-state index contributed by atoms with van der Waals surface area (Å²) in [5, 5.41) is 11.3. The van der Waals surface area contributed by atoms with E-state index in [-0.39, 0.29) is 12.2 Å². The molecule has 0 saturated heterocycles. The Bertz CT molecular complexity index is 1050. The molecule has 146 valence electrons. The summed E-state index contributed by atoms with van der Waals surface area (Å²) in [6.07, 6.45) is 0.345. The monoisotopic (exact) mass is 386 g/mol. The third-order valence-electron chi connectivity index (χ3n) is 5.36. The molecular formula is C24H22N2O3. The van der Waals surface area contributed by atoms with Gasteiger partial charge in [0.15, 0.2) is 11.4 Å². The summed E-state index contributed by atoms with van der Waals surface area (Å²) in [5.41, 5.74) is 7.01. The topological polar surface area (TPSA) is 83.6 Å². The maximum absolute atomic E-state index is 13.2. The molecule has 1 aliphatic rings. The lowest BCUT2D eigenvalue weighted by molar-refractivity contribution is -0.135. The highest BCUT2D eigenvalue weighted by Crippen LogP contribution is 2.42. The molecule has 0 aliphatic carbocycles. The molecule has 0 aromatic heterocycles. The van der Waals surface area contributed by atoms with Crippen LogP contribution in [0.3, 0.4) is 0 Å². The zero-order chi connectivity index (χ0) is 20.4. The zero-order valence-corrected chi connectivity index (χ0v) is 15.9. The molecule has 0 saturated carbocycles. The van der Waals surface area contributed by atoms with E-state index in [0.29, 0.717) is 35.5 Å². The van der Waals surface area contributed by atoms with Gasteiger partial charge in [-0.2, -0.15) is 0 Å². The smallest absolute Gasteiger partial charge is 0.264 e. The van der Waals surface area contributed by atoms with E-state index >= 15 is 0 Å². The SMILES string of the molecule is Nc1ccc(C(=O)CC2(O)C(=O)N(CCc3ccccc3)c3ccccc32)cc1. The van der Waals surface area contributed by atoms with Crippen LogP contribution in [0.4, 0.5) is 11.4 Å². The molecule has 0 fully saturated rings. The van der Waals surface area contributed by atoms with Gasteiger partial charge in [-0.3, -0.25) is 9.59 Å². The van der Waals surface area contributed by atoms with Crippen LogP contribution in [-0.4, -0.2) is 23.3 Å². The molecule has 3 aromatic rings. The first kappa shape index (κ1) is 18.9. The van der Waals surface area contributed by atoms with Crippen molar-refractivity contribution in [2.75, 3.05) is 17.2 Å². The summed E-state index contributed by atoms with van der Waals surface area (Å²) in [6.45, 7) is 0.429. The number of rotatable bonds is 6. The summed E-state index contributed by atoms with van der Waals surface area (Å²) in [5.74, 6) is -0.765. The first-order chi connectivity index (χ1) is 14.0. The normalized spacial score (nSPS) is 18.0. The van der Waals surface area contributed by atoms with Gasteiger partial charge in [0, 0.05) is 23.4 Å². The Balaban J connectivity index is 1.60. The van der Waals surface area contributed by atoms with Crippen LogP contribution in [0.1, 0.15) is 27.9 Å². The number of Topliss-reactive ketones (excluding diaryl/α,β-unsaturated/α-hetero) is 1. The summed E-state index contributed by atoms with van der Waals surface area (Å²) in [4.78, 5) is 27.6. The Morgan fingerprint density at radius 2 is 1.59 bits per heavy atom. The zero-order valence-electron chi connectivity index (χ0n) is 15.9. The van der Waals surface area contributed by atoms with Crippen LogP contribution in [-0.2, 0) is 16.8 Å². The number of carbonyl (C=O) groups is 2. The van der Waals surface area contributed by atoms with Gasteiger partial charge in [0.1, 0.15) is 0 Å². The van der Waals surface area contributed by atoms with E-state index in [1.807, 2.05) is 42.5 Å². The molecule has 1 unspecified atom stereocenters. The molecule has 1 aliphatic heterocycles. The van der Waals surface area contributed by atoms with Gasteiger partial charge >= 0.3 is 0 Å². The maximum atomic E-state index is 13.2. The largest absolute Gasteiger partial charge is 0.399 e. The minimum Gasteiger partial charge on any atom is -0.399 e. The van der Waals surface area contributed by atoms with E-state index in [2.05, 4.69) is 0 Å². The molecule has 5 heteroatoms. The van der Waals surface area contributed by atoms with Crippen molar-refractivity contribution in [1.82, 2.24) is 0 Å². The van der Waals surface area contributed by atoms with Crippen molar-refractivity contribution in [2.45, 2.75) is 18.4 Å². The number of hydrogen-bond donors (Lipinski definition) is 2. The quantitative estimate of drug-likeness (QED) is 0.503. The third kappa shape index (κ3) is 3.52. The third-order valence-corrected chi connectivity index (χ3v) is 5.36. The number of anilines is 2. The number of nitrogen functional groups attached to an aromatic ring is 1. The van der Waals surface area contributed by atoms with E-state index in [4.69, 9.17) is 5.73 Å². The lowest BCUT2D eigenvalue weighted by Crippen LogP contribution is -2.42. The van der Waals surface area contributed by atoms with Gasteiger partial charge < -0.3 is 15.7 Å². The lowest BCUT2D eigenvalue weighted by Gasteiger charge is -2.23. The van der Waals surface area contributed by atoms with Gasteiger partial charge in [-0.05, 0) is 42.3 Å². The number of fused-ring (bicyclic) bond motifs is 1. The van der Waals surface area contributed by atoms with Crippen molar-refractivity contribution in [1.29, 1.82) is 0 Å². The average molecular weight is 386 g/mol. The second-order valence-electron chi connectivity index (χ2n) is 7.29. The molecule has 1 heterocycles. The second kappa shape index (κ2) is 7.53. The highest BCUT2D eigenvalue weighted by Gasteiger charge is 2.50. The van der Waals surface area contributed by atoms with E-state index < -0.39 is 11.5 Å². The van der Waals surface area contributed by atoms with Gasteiger partial charge in [0.05, 0.1) is 12.1 Å². The van der Waals surface area contributed by atoms with Crippen molar-refractivity contribution in [2.24, 2.45) is 0 Å². The Kier molecular flexibility index (Phi) is 4.91. The number of nitrogens with zero attached hydrogens (tertiary/aromatic N) is 1. The number of hydrogen-bond acceptors (Lipinski definition) is 4. The molecule has 1 amide bonds. The molecule has 1 atom stereocenters. The molecule has 3 aromatic carbocycles. The van der Waals surface area contributed by atoms with Crippen LogP contribution in [0, 0.1) is 0 Å². The minimum atomic E-state index is -1.87. The molecular weight excluding hydrogens is 364 g/mol. The fraction of sp³-hybridized carbons (Fsp3) is 0.167. The Morgan fingerprint density at radius 1 is 0.931 bits per heavy atom. The fourth-order valence-corrected chi connectivity index (χ4v) is 3.79. The lowest BCUT2D eigenvalue weighted by atomic mass is 9.88. The molecule has 0 spiro atoms. The number of carbonyl (C=O) groups excluding carboxylic acids is 2. The number of ketones is 1. The van der Waals surface area contributed by atoms with Crippen LogP contribution in [0.15, 0.2) is 78.9 Å². The number of para-hydroxylation sites is 1. The van der Waals surface area contributed by atoms with Crippen molar-refractivity contribution >= 4 is 23.1 Å². The number of aliphatic hydroxyl groups is 1. The predicted molar refractivity (Wildman–Crippen MR) is 113 cm³/mol. The highest BCUT2D eigenvalue weighted by atomic mass is 16.3. The van der Waals surface area contributed by atoms with Crippen LogP contribution in [0.2, 0.25) is 0 Å². The fourth-order valence-electron chi connectivity index (χ4n) is 3.79. The molecule has 0 radical (unpaired) electrons. The standard InChI is InChI=1S/C24H22N2O3/c25-19-12-10-18(11-13-19)22(27)16-24(29)20-8-4-5-9-21(20)26(23(24)28)15-14-17-6-2-1-3-7-17/h1-13,29H,14-16,25H2. The van der Waals surface area contributed by atoms with Gasteiger partial charge in [-0.15, -0.1) is 0 Å². The van der Waals surface area contributed by atoms with Crippen LogP contribution in [0.25, 0.3) is 0 Å². The molecule has 0 bridgehead atoms. The second-order valence-corrected chi connectivity index (χ2v) is 7.29. The van der Waals surface area contributed by atoms with Gasteiger partial charge in [-0.25, -0.2) is 0 Å². The van der Waals surface area contributed by atoms with E-state index in [0.717, 1.165) is 5.56 Å². The first-order valence-corrected chi connectivity index (χ1v) is 9.55. The van der Waals surface area contributed by atoms with Crippen LogP contribution < -0.4 is 10.6 Å². The Morgan fingerprint density at radius 3 is 2.31 bits per heavy atom. The summed E-state index contributed by atoms with van der Waals surface area (Å²) in [7, 11) is 0. The van der Waals surface area contributed by atoms with Crippen molar-refractivity contribution < 1.29 is 14.7 Å². The van der Waals surface area contributed by atoms with Gasteiger partial charge in [0.2, 0.25) is 0 Å². The van der Waals surface area contributed by atoms with E-state index in [1.165, 1.54) is 0 Å². The van der Waals surface area contributed by atoms with E-state index in [1.54, 1.807) is 41.3 Å². The van der Waals surface area contributed by atoms with E-state index in [9.17, 15) is 14.7 Å². The van der Waals surface area contributed by atoms with Crippen molar-refractivity contribution in [3.8, 4) is 0 Å². The highest BCUT2D eigenvalue weighted by molar-refractivity contribution is 6.10. The summed E-state index contributed by atoms with van der Waals surface area (Å²) < 4.78 is 0. The van der Waals surface area contributed by atoms with Gasteiger partial charge in [-0.1, -0.05) is 48.5 Å². The summed E-state index contributed by atoms with van der Waals surface area (Å²) in [6, 6.07) is 23.5. The van der Waals surface area contributed by atoms with Crippen molar-refractivity contribution in [3.63, 3.8) is 0 Å². The molecule has 29 heavy (non-hydrogen) atoms. The Labute approximate surface area is 169 Å². The predicted octanol–water partition coefficient (Wildman–Crippen LogP) is 3.32. The van der Waals surface area contributed by atoms with Crippen LogP contribution >= 0.6 is 0 Å².